The van der Waals surface area contributed by atoms with Crippen molar-refractivity contribution < 1.29 is 0 Å². The van der Waals surface area contributed by atoms with Crippen LogP contribution in [0, 0.1) is 0 Å². The normalized spacial score (nSPS) is 13.1. The summed E-state index contributed by atoms with van der Waals surface area (Å²) in [7, 11) is 0. The van der Waals surface area contributed by atoms with E-state index < -0.39 is 0 Å². The molecule has 0 N–H and O–H groups in total. The van der Waals surface area contributed by atoms with Gasteiger partial charge in [-0.3, -0.25) is 0 Å². The number of anilines is 3. The molecule has 1 aliphatic carbocycles. The molecule has 0 aliphatic heterocycles. The first-order valence-corrected chi connectivity index (χ1v) is 20.9. The molecule has 0 saturated carbocycles. The Balaban J connectivity index is 1.03. The van der Waals surface area contributed by atoms with E-state index >= 15 is 0 Å². The summed E-state index contributed by atoms with van der Waals surface area (Å²) in [6.07, 6.45) is 0. The van der Waals surface area contributed by atoms with Crippen molar-refractivity contribution in [1.29, 1.82) is 0 Å². The summed E-state index contributed by atoms with van der Waals surface area (Å²) in [6.45, 7) is 4.73. The van der Waals surface area contributed by atoms with E-state index in [4.69, 9.17) is 0 Å². The van der Waals surface area contributed by atoms with Gasteiger partial charge in [0.05, 0.1) is 21.4 Å². The fraction of sp³-hybridized carbons (Fsp3) is 0.0545. The molecule has 2 nitrogen and oxygen atoms in total. The lowest BCUT2D eigenvalue weighted by atomic mass is 9.82. The minimum atomic E-state index is -0.102. The van der Waals surface area contributed by atoms with E-state index in [1.54, 1.807) is 0 Å². The van der Waals surface area contributed by atoms with Crippen molar-refractivity contribution >= 4 is 81.1 Å². The summed E-state index contributed by atoms with van der Waals surface area (Å²) in [5.41, 5.74) is 14.8. The van der Waals surface area contributed by atoms with Gasteiger partial charge in [0.1, 0.15) is 0 Å². The van der Waals surface area contributed by atoms with E-state index in [0.29, 0.717) is 0 Å². The van der Waals surface area contributed by atoms with E-state index in [1.807, 2.05) is 11.3 Å². The van der Waals surface area contributed by atoms with Gasteiger partial charge in [-0.1, -0.05) is 141 Å². The summed E-state index contributed by atoms with van der Waals surface area (Å²) in [5, 5.41) is 7.69. The zero-order chi connectivity index (χ0) is 38.5. The molecule has 0 saturated heterocycles. The van der Waals surface area contributed by atoms with Crippen molar-refractivity contribution in [3.8, 4) is 27.9 Å². The van der Waals surface area contributed by atoms with Gasteiger partial charge >= 0.3 is 0 Å². The van der Waals surface area contributed by atoms with Gasteiger partial charge in [0, 0.05) is 48.7 Å². The number of hydrogen-bond donors (Lipinski definition) is 0. The molecule has 0 bridgehead atoms. The highest BCUT2D eigenvalue weighted by Gasteiger charge is 2.36. The summed E-state index contributed by atoms with van der Waals surface area (Å²) in [6, 6.07) is 71.8. The number of aromatic nitrogens is 1. The molecule has 0 fully saturated rings. The van der Waals surface area contributed by atoms with Crippen molar-refractivity contribution in [2.75, 3.05) is 4.90 Å². The highest BCUT2D eigenvalue weighted by atomic mass is 32.1. The highest BCUT2D eigenvalue weighted by molar-refractivity contribution is 7.26. The van der Waals surface area contributed by atoms with Crippen molar-refractivity contribution in [3.63, 3.8) is 0 Å². The maximum absolute atomic E-state index is 2.48. The van der Waals surface area contributed by atoms with Crippen LogP contribution in [0.5, 0.6) is 0 Å². The molecule has 1 aliphatic rings. The summed E-state index contributed by atoms with van der Waals surface area (Å²) in [4.78, 5) is 2.48. The molecule has 0 atom stereocenters. The lowest BCUT2D eigenvalue weighted by Crippen LogP contribution is -2.16. The Morgan fingerprint density at radius 1 is 0.466 bits per heavy atom. The average molecular weight is 759 g/mol. The Hall–Kier alpha value is -6.94. The van der Waals surface area contributed by atoms with Gasteiger partial charge in [0.25, 0.3) is 0 Å². The Kier molecular flexibility index (Phi) is 7.18. The molecule has 0 radical (unpaired) electrons. The number of fused-ring (bicyclic) bond motifs is 11. The molecule has 0 spiro atoms. The third-order valence-corrected chi connectivity index (χ3v) is 13.8. The lowest BCUT2D eigenvalue weighted by molar-refractivity contribution is 0.660. The number of benzene rings is 9. The second-order valence-electron chi connectivity index (χ2n) is 16.1. The van der Waals surface area contributed by atoms with E-state index in [2.05, 4.69) is 217 Å². The predicted octanol–water partition coefficient (Wildman–Crippen LogP) is 15.7. The zero-order valence-corrected chi connectivity index (χ0v) is 33.1. The Morgan fingerprint density at radius 2 is 1.16 bits per heavy atom. The van der Waals surface area contributed by atoms with Crippen LogP contribution < -0.4 is 4.90 Å². The van der Waals surface area contributed by atoms with Crippen molar-refractivity contribution in [1.82, 2.24) is 4.57 Å². The van der Waals surface area contributed by atoms with Gasteiger partial charge in [-0.15, -0.1) is 11.3 Å². The first-order chi connectivity index (χ1) is 28.5. The van der Waals surface area contributed by atoms with Gasteiger partial charge in [-0.25, -0.2) is 0 Å². The molecular formula is C55H38N2S. The van der Waals surface area contributed by atoms with Gasteiger partial charge < -0.3 is 9.47 Å². The topological polar surface area (TPSA) is 8.17 Å². The molecule has 9 aromatic carbocycles. The number of hydrogen-bond acceptors (Lipinski definition) is 2. The molecule has 274 valence electrons. The maximum atomic E-state index is 2.48. The molecule has 58 heavy (non-hydrogen) atoms. The maximum Gasteiger partial charge on any atom is 0.0640 e. The minimum absolute atomic E-state index is 0.102. The lowest BCUT2D eigenvalue weighted by Gasteiger charge is -2.28. The number of nitrogens with zero attached hydrogens (tertiary/aromatic N) is 2. The molecular weight excluding hydrogens is 721 g/mol. The molecule has 12 rings (SSSR count). The van der Waals surface area contributed by atoms with Crippen LogP contribution in [0.3, 0.4) is 0 Å². The van der Waals surface area contributed by atoms with Crippen LogP contribution in [0.25, 0.3) is 80.7 Å². The Labute approximate surface area is 341 Å². The van der Waals surface area contributed by atoms with Gasteiger partial charge in [0.15, 0.2) is 0 Å². The monoisotopic (exact) mass is 758 g/mol. The second-order valence-corrected chi connectivity index (χ2v) is 17.2. The SMILES string of the molecule is CC1(C)c2ccccc2-c2ccc(N(c3ccc(-c4ccc5c(c4)c4c6ccccc6ccc4n5-c4ccccc4)cc3)c3cccc4c3sc3ccccc34)cc21. The summed E-state index contributed by atoms with van der Waals surface area (Å²) in [5.74, 6) is 0. The number of para-hydroxylation sites is 1. The van der Waals surface area contributed by atoms with Crippen LogP contribution in [0.15, 0.2) is 194 Å². The predicted molar refractivity (Wildman–Crippen MR) is 249 cm³/mol. The number of rotatable bonds is 5. The first kappa shape index (κ1) is 33.2. The highest BCUT2D eigenvalue weighted by Crippen LogP contribution is 2.52. The van der Waals surface area contributed by atoms with Crippen LogP contribution in [-0.4, -0.2) is 4.57 Å². The summed E-state index contributed by atoms with van der Waals surface area (Å²) < 4.78 is 5.01. The quantitative estimate of drug-likeness (QED) is 0.170. The first-order valence-electron chi connectivity index (χ1n) is 20.1. The van der Waals surface area contributed by atoms with Crippen LogP contribution >= 0.6 is 11.3 Å². The smallest absolute Gasteiger partial charge is 0.0640 e. The minimum Gasteiger partial charge on any atom is -0.309 e. The molecule has 0 amide bonds. The Bertz CT molecular complexity index is 3420. The van der Waals surface area contributed by atoms with Crippen molar-refractivity contribution in [2.24, 2.45) is 0 Å². The fourth-order valence-electron chi connectivity index (χ4n) is 9.80. The van der Waals surface area contributed by atoms with E-state index in [-0.39, 0.29) is 5.41 Å². The van der Waals surface area contributed by atoms with Crippen molar-refractivity contribution in [3.05, 3.63) is 205 Å². The van der Waals surface area contributed by atoms with E-state index in [9.17, 15) is 0 Å². The Morgan fingerprint density at radius 3 is 2.03 bits per heavy atom. The third-order valence-electron chi connectivity index (χ3n) is 12.6. The fourth-order valence-corrected chi connectivity index (χ4v) is 11.0. The van der Waals surface area contributed by atoms with Gasteiger partial charge in [0.2, 0.25) is 0 Å². The van der Waals surface area contributed by atoms with Gasteiger partial charge in [-0.2, -0.15) is 0 Å². The van der Waals surface area contributed by atoms with Crippen LogP contribution in [0.1, 0.15) is 25.0 Å². The average Bonchev–Trinajstić information content (AvgIpc) is 3.90. The van der Waals surface area contributed by atoms with E-state index in [0.717, 1.165) is 5.69 Å². The van der Waals surface area contributed by atoms with Crippen LogP contribution in [0.4, 0.5) is 17.1 Å². The zero-order valence-electron chi connectivity index (χ0n) is 32.3. The number of thiophene rings is 1. The third kappa shape index (κ3) is 4.84. The van der Waals surface area contributed by atoms with E-state index in [1.165, 1.54) is 103 Å². The molecule has 2 heterocycles. The largest absolute Gasteiger partial charge is 0.309 e. The molecule has 0 unspecified atom stereocenters. The molecule has 2 aromatic heterocycles. The standard InChI is InChI=1S/C55H38N2S/c1-55(2)47-20-10-8-17-42(47)43-30-29-40(34-48(43)55)56(51-21-12-19-45-44-18-9-11-22-52(44)58-54(45)51)39-27-23-35(24-28-39)37-26-31-49-46(33-37)53-41-16-7-6-13-36(41)25-32-50(53)57(49)38-14-4-3-5-15-38/h3-34H,1-2H3. The van der Waals surface area contributed by atoms with Crippen LogP contribution in [-0.2, 0) is 5.41 Å². The van der Waals surface area contributed by atoms with Gasteiger partial charge in [-0.05, 0) is 111 Å². The molecule has 11 aromatic rings. The molecule has 3 heteroatoms. The van der Waals surface area contributed by atoms with Crippen molar-refractivity contribution in [2.45, 2.75) is 19.3 Å². The second kappa shape index (κ2) is 12.5. The van der Waals surface area contributed by atoms with Crippen LogP contribution in [0.2, 0.25) is 0 Å². The summed E-state index contributed by atoms with van der Waals surface area (Å²) >= 11 is 1.88.